The normalized spacial score (nSPS) is 11.9. The zero-order valence-corrected chi connectivity index (χ0v) is 14.6. The summed E-state index contributed by atoms with van der Waals surface area (Å²) in [5, 5.41) is 13.5. The number of thiazole rings is 1. The predicted octanol–water partition coefficient (Wildman–Crippen LogP) is 2.54. The Bertz CT molecular complexity index is 935. The molecule has 2 heterocycles. The van der Waals surface area contributed by atoms with Crippen LogP contribution in [0.2, 0.25) is 0 Å². The third-order valence-electron chi connectivity index (χ3n) is 3.61. The molecule has 0 fully saturated rings. The molecule has 0 bridgehead atoms. The van der Waals surface area contributed by atoms with Crippen LogP contribution < -0.4 is 10.9 Å². The summed E-state index contributed by atoms with van der Waals surface area (Å²) in [7, 11) is 0. The Kier molecular flexibility index (Phi) is 4.99. The molecule has 25 heavy (non-hydrogen) atoms. The summed E-state index contributed by atoms with van der Waals surface area (Å²) in [5.41, 5.74) is 1.38. The summed E-state index contributed by atoms with van der Waals surface area (Å²) >= 11 is 1.47. The first-order chi connectivity index (χ1) is 12.1. The van der Waals surface area contributed by atoms with Crippen molar-refractivity contribution >= 4 is 17.2 Å². The summed E-state index contributed by atoms with van der Waals surface area (Å²) in [6.07, 6.45) is 0.547. The molecule has 0 spiro atoms. The molecule has 1 unspecified atom stereocenters. The number of H-pyrrole nitrogens is 1. The maximum absolute atomic E-state index is 12.3. The Morgan fingerprint density at radius 2 is 2.04 bits per heavy atom. The van der Waals surface area contributed by atoms with E-state index >= 15 is 0 Å². The Morgan fingerprint density at radius 1 is 1.28 bits per heavy atom. The average molecular weight is 355 g/mol. The van der Waals surface area contributed by atoms with E-state index in [-0.39, 0.29) is 17.2 Å². The molecule has 0 radical (unpaired) electrons. The van der Waals surface area contributed by atoms with Gasteiger partial charge in [-0.2, -0.15) is 0 Å². The number of benzene rings is 1. The monoisotopic (exact) mass is 355 g/mol. The number of carbonyl (C=O) groups is 1. The van der Waals surface area contributed by atoms with Crippen LogP contribution in [0, 0.1) is 0 Å². The quantitative estimate of drug-likeness (QED) is 0.732. The molecule has 0 aliphatic heterocycles. The van der Waals surface area contributed by atoms with Gasteiger partial charge in [-0.05, 0) is 6.42 Å². The Labute approximate surface area is 148 Å². The van der Waals surface area contributed by atoms with Gasteiger partial charge in [-0.25, -0.2) is 4.98 Å². The molecule has 3 aromatic rings. The molecule has 0 saturated heterocycles. The number of carbonyl (C=O) groups excluding carboxylic acids is 1. The van der Waals surface area contributed by atoms with Crippen molar-refractivity contribution in [3.8, 4) is 22.1 Å². The lowest BCUT2D eigenvalue weighted by atomic mass is 10.1. The highest BCUT2D eigenvalue weighted by Crippen LogP contribution is 2.26. The molecule has 2 N–H and O–H groups in total. The van der Waals surface area contributed by atoms with Crippen molar-refractivity contribution in [2.45, 2.75) is 26.3 Å². The van der Waals surface area contributed by atoms with Gasteiger partial charge in [-0.15, -0.1) is 21.5 Å². The van der Waals surface area contributed by atoms with Gasteiger partial charge in [0.25, 0.3) is 5.56 Å². The number of nitrogens with zero attached hydrogens (tertiary/aromatic N) is 3. The Balaban J connectivity index is 1.90. The summed E-state index contributed by atoms with van der Waals surface area (Å²) in [5.74, 6) is 0.0917. The van der Waals surface area contributed by atoms with Gasteiger partial charge >= 0.3 is 0 Å². The maximum atomic E-state index is 12.3. The van der Waals surface area contributed by atoms with Gasteiger partial charge < -0.3 is 10.3 Å². The number of amides is 1. The minimum Gasteiger partial charge on any atom is -0.348 e. The molecule has 0 saturated carbocycles. The average Bonchev–Trinajstić information content (AvgIpc) is 3.10. The van der Waals surface area contributed by atoms with Gasteiger partial charge in [0.1, 0.15) is 10.7 Å². The van der Waals surface area contributed by atoms with Crippen LogP contribution in [0.5, 0.6) is 0 Å². The number of hydrogen-bond donors (Lipinski definition) is 2. The first kappa shape index (κ1) is 17.0. The fourth-order valence-corrected chi connectivity index (χ4v) is 3.20. The van der Waals surface area contributed by atoms with Crippen LogP contribution in [0.3, 0.4) is 0 Å². The first-order valence-electron chi connectivity index (χ1n) is 7.83. The Morgan fingerprint density at radius 3 is 2.68 bits per heavy atom. The second kappa shape index (κ2) is 7.35. The fraction of sp³-hybridized carbons (Fsp3) is 0.235. The third-order valence-corrected chi connectivity index (χ3v) is 4.50. The van der Waals surface area contributed by atoms with Crippen LogP contribution in [0.15, 0.2) is 40.5 Å². The number of nitrogens with one attached hydrogen (secondary N) is 2. The molecule has 1 amide bonds. The van der Waals surface area contributed by atoms with Crippen molar-refractivity contribution in [2.24, 2.45) is 0 Å². The van der Waals surface area contributed by atoms with Crippen molar-refractivity contribution in [2.75, 3.05) is 0 Å². The molecule has 7 nitrogen and oxygen atoms in total. The van der Waals surface area contributed by atoms with E-state index in [9.17, 15) is 9.59 Å². The number of hydrogen-bond acceptors (Lipinski definition) is 6. The summed E-state index contributed by atoms with van der Waals surface area (Å²) in [6.45, 7) is 3.27. The second-order valence-electron chi connectivity index (χ2n) is 5.45. The molecule has 8 heteroatoms. The molecule has 128 valence electrons. The highest BCUT2D eigenvalue weighted by molar-refractivity contribution is 7.13. The molecule has 0 aliphatic carbocycles. The largest absolute Gasteiger partial charge is 0.348 e. The van der Waals surface area contributed by atoms with Crippen molar-refractivity contribution in [1.29, 1.82) is 0 Å². The SMILES string of the molecule is CCC(NC(C)=O)c1nnc(-c2csc(-c3ccccc3)n2)[nH]c1=O. The molecule has 0 aliphatic rings. The van der Waals surface area contributed by atoms with Gasteiger partial charge in [-0.3, -0.25) is 9.59 Å². The lowest BCUT2D eigenvalue weighted by Gasteiger charge is -2.13. The van der Waals surface area contributed by atoms with Crippen LogP contribution in [-0.4, -0.2) is 26.1 Å². The van der Waals surface area contributed by atoms with Crippen LogP contribution in [-0.2, 0) is 4.79 Å². The lowest BCUT2D eigenvalue weighted by molar-refractivity contribution is -0.119. The van der Waals surface area contributed by atoms with Crippen molar-refractivity contribution in [3.05, 3.63) is 51.8 Å². The van der Waals surface area contributed by atoms with Crippen molar-refractivity contribution in [3.63, 3.8) is 0 Å². The van der Waals surface area contributed by atoms with E-state index < -0.39 is 6.04 Å². The number of rotatable bonds is 5. The van der Waals surface area contributed by atoms with Gasteiger partial charge in [0.2, 0.25) is 5.91 Å². The smallest absolute Gasteiger partial charge is 0.275 e. The summed E-state index contributed by atoms with van der Waals surface area (Å²) in [6, 6.07) is 9.32. The molecular formula is C17H17N5O2S. The standard InChI is InChI=1S/C17H17N5O2S/c1-3-12(18-10(2)23)14-16(24)20-15(22-21-14)13-9-25-17(19-13)11-7-5-4-6-8-11/h4-9,12H,3H2,1-2H3,(H,18,23)(H,20,22,24). The van der Waals surface area contributed by atoms with Gasteiger partial charge in [0.05, 0.1) is 6.04 Å². The Hall–Kier alpha value is -2.87. The van der Waals surface area contributed by atoms with E-state index in [4.69, 9.17) is 0 Å². The number of aromatic amines is 1. The van der Waals surface area contributed by atoms with E-state index in [0.29, 0.717) is 17.9 Å². The maximum Gasteiger partial charge on any atom is 0.275 e. The van der Waals surface area contributed by atoms with E-state index in [1.54, 1.807) is 0 Å². The molecule has 1 atom stereocenters. The third kappa shape index (κ3) is 3.80. The van der Waals surface area contributed by atoms with Gasteiger partial charge in [0.15, 0.2) is 11.5 Å². The minimum absolute atomic E-state index is 0.194. The van der Waals surface area contributed by atoms with Crippen LogP contribution >= 0.6 is 11.3 Å². The van der Waals surface area contributed by atoms with E-state index in [0.717, 1.165) is 10.6 Å². The highest BCUT2D eigenvalue weighted by atomic mass is 32.1. The highest BCUT2D eigenvalue weighted by Gasteiger charge is 2.18. The van der Waals surface area contributed by atoms with Gasteiger partial charge in [-0.1, -0.05) is 37.3 Å². The van der Waals surface area contributed by atoms with Crippen LogP contribution in [0.25, 0.3) is 22.1 Å². The van der Waals surface area contributed by atoms with E-state index in [1.807, 2.05) is 42.6 Å². The predicted molar refractivity (Wildman–Crippen MR) is 96.0 cm³/mol. The molecule has 2 aromatic heterocycles. The van der Waals surface area contributed by atoms with Crippen molar-refractivity contribution in [1.82, 2.24) is 25.5 Å². The van der Waals surface area contributed by atoms with Crippen LogP contribution in [0.4, 0.5) is 0 Å². The summed E-state index contributed by atoms with van der Waals surface area (Å²) in [4.78, 5) is 30.8. The van der Waals surface area contributed by atoms with Crippen LogP contribution in [0.1, 0.15) is 32.0 Å². The van der Waals surface area contributed by atoms with Crippen molar-refractivity contribution < 1.29 is 4.79 Å². The topological polar surface area (TPSA) is 101 Å². The second-order valence-corrected chi connectivity index (χ2v) is 6.31. The number of aromatic nitrogens is 4. The first-order valence-corrected chi connectivity index (χ1v) is 8.71. The van der Waals surface area contributed by atoms with Gasteiger partial charge in [0, 0.05) is 17.9 Å². The lowest BCUT2D eigenvalue weighted by Crippen LogP contribution is -2.32. The fourth-order valence-electron chi connectivity index (χ4n) is 2.39. The van der Waals surface area contributed by atoms with E-state index in [2.05, 4.69) is 25.5 Å². The summed E-state index contributed by atoms with van der Waals surface area (Å²) < 4.78 is 0. The zero-order valence-electron chi connectivity index (χ0n) is 13.8. The zero-order chi connectivity index (χ0) is 17.8. The molecular weight excluding hydrogens is 338 g/mol. The molecule has 3 rings (SSSR count). The minimum atomic E-state index is -0.460. The molecule has 1 aromatic carbocycles. The van der Waals surface area contributed by atoms with E-state index in [1.165, 1.54) is 18.3 Å².